The maximum atomic E-state index is 6.17. The molecule has 0 aromatic heterocycles. The summed E-state index contributed by atoms with van der Waals surface area (Å²) in [6, 6.07) is 7.91. The van der Waals surface area contributed by atoms with Crippen molar-refractivity contribution >= 4 is 11.5 Å². The predicted molar refractivity (Wildman–Crippen MR) is 84.7 cm³/mol. The number of aliphatic imine (C=N–C) groups is 1. The van der Waals surface area contributed by atoms with Crippen molar-refractivity contribution in [2.24, 2.45) is 16.6 Å². The summed E-state index contributed by atoms with van der Waals surface area (Å²) in [4.78, 5) is 4.59. The number of amidine groups is 1. The Hall–Kier alpha value is -1.51. The van der Waals surface area contributed by atoms with Gasteiger partial charge in [0.25, 0.3) is 0 Å². The van der Waals surface area contributed by atoms with Gasteiger partial charge in [0.2, 0.25) is 0 Å². The maximum absolute atomic E-state index is 6.17. The van der Waals surface area contributed by atoms with Crippen LogP contribution in [0.1, 0.15) is 52.4 Å². The van der Waals surface area contributed by atoms with Crippen LogP contribution in [-0.4, -0.2) is 11.9 Å². The van der Waals surface area contributed by atoms with E-state index in [0.29, 0.717) is 5.92 Å². The molecule has 0 spiro atoms. The van der Waals surface area contributed by atoms with Crippen LogP contribution in [-0.2, 0) is 0 Å². The number of rotatable bonds is 5. The summed E-state index contributed by atoms with van der Waals surface area (Å²) in [6.45, 7) is 4.19. The van der Waals surface area contributed by atoms with Crippen LogP contribution < -0.4 is 10.5 Å². The van der Waals surface area contributed by atoms with Crippen molar-refractivity contribution in [1.82, 2.24) is 0 Å². The number of hydrogen-bond donors (Lipinski definition) is 1. The standard InChI is InChI=1S/C17H26N2O/c1-3-13(2)20-16-11-7-10-15(12-16)19-17(18)14-8-5-4-6-9-14/h7,10-14H,3-6,8-9H2,1-2H3,(H2,18,19). The lowest BCUT2D eigenvalue weighted by Crippen LogP contribution is -2.25. The molecule has 0 amide bonds. The zero-order chi connectivity index (χ0) is 14.4. The van der Waals surface area contributed by atoms with E-state index in [-0.39, 0.29) is 6.10 Å². The molecular formula is C17H26N2O. The summed E-state index contributed by atoms with van der Waals surface area (Å²) in [6.07, 6.45) is 7.47. The Morgan fingerprint density at radius 3 is 2.80 bits per heavy atom. The van der Waals surface area contributed by atoms with Crippen molar-refractivity contribution in [2.75, 3.05) is 0 Å². The molecule has 3 heteroatoms. The zero-order valence-electron chi connectivity index (χ0n) is 12.6. The minimum atomic E-state index is 0.227. The van der Waals surface area contributed by atoms with Gasteiger partial charge in [-0.05, 0) is 38.3 Å². The second-order valence-corrected chi connectivity index (χ2v) is 5.71. The molecule has 1 aromatic carbocycles. The van der Waals surface area contributed by atoms with Gasteiger partial charge in [0.05, 0.1) is 11.8 Å². The van der Waals surface area contributed by atoms with Crippen LogP contribution in [0, 0.1) is 5.92 Å². The average Bonchev–Trinajstić information content (AvgIpc) is 2.48. The van der Waals surface area contributed by atoms with Crippen LogP contribution in [0.4, 0.5) is 5.69 Å². The smallest absolute Gasteiger partial charge is 0.121 e. The number of benzene rings is 1. The Balaban J connectivity index is 2.06. The maximum Gasteiger partial charge on any atom is 0.121 e. The fourth-order valence-corrected chi connectivity index (χ4v) is 2.58. The molecule has 20 heavy (non-hydrogen) atoms. The van der Waals surface area contributed by atoms with Crippen LogP contribution in [0.5, 0.6) is 5.75 Å². The summed E-state index contributed by atoms with van der Waals surface area (Å²) in [5.74, 6) is 2.12. The van der Waals surface area contributed by atoms with Crippen LogP contribution in [0.25, 0.3) is 0 Å². The molecule has 1 aliphatic rings. The molecule has 1 unspecified atom stereocenters. The highest BCUT2D eigenvalue weighted by atomic mass is 16.5. The minimum Gasteiger partial charge on any atom is -0.491 e. The Labute approximate surface area is 122 Å². The van der Waals surface area contributed by atoms with E-state index < -0.39 is 0 Å². The van der Waals surface area contributed by atoms with Crippen LogP contribution in [0.15, 0.2) is 29.3 Å². The summed E-state index contributed by atoms with van der Waals surface area (Å²) >= 11 is 0. The van der Waals surface area contributed by atoms with Gasteiger partial charge in [-0.2, -0.15) is 0 Å². The van der Waals surface area contributed by atoms with Gasteiger partial charge >= 0.3 is 0 Å². The van der Waals surface area contributed by atoms with Crippen molar-refractivity contribution in [3.05, 3.63) is 24.3 Å². The van der Waals surface area contributed by atoms with E-state index in [2.05, 4.69) is 18.8 Å². The molecule has 0 saturated heterocycles. The number of nitrogens with two attached hydrogens (primary N) is 1. The lowest BCUT2D eigenvalue weighted by molar-refractivity contribution is 0.217. The minimum absolute atomic E-state index is 0.227. The molecule has 0 bridgehead atoms. The third-order valence-electron chi connectivity index (χ3n) is 4.01. The van der Waals surface area contributed by atoms with E-state index >= 15 is 0 Å². The van der Waals surface area contributed by atoms with E-state index in [1.165, 1.54) is 32.1 Å². The van der Waals surface area contributed by atoms with E-state index in [9.17, 15) is 0 Å². The van der Waals surface area contributed by atoms with E-state index in [0.717, 1.165) is 23.7 Å². The zero-order valence-corrected chi connectivity index (χ0v) is 12.6. The molecule has 2 N–H and O–H groups in total. The Morgan fingerprint density at radius 2 is 2.10 bits per heavy atom. The number of hydrogen-bond acceptors (Lipinski definition) is 2. The topological polar surface area (TPSA) is 47.6 Å². The van der Waals surface area contributed by atoms with Crippen LogP contribution >= 0.6 is 0 Å². The predicted octanol–water partition coefficient (Wildman–Crippen LogP) is 4.43. The Kier molecular flexibility index (Phi) is 5.45. The highest BCUT2D eigenvalue weighted by Gasteiger charge is 2.16. The molecule has 110 valence electrons. The molecule has 0 heterocycles. The van der Waals surface area contributed by atoms with E-state index in [1.807, 2.05) is 24.3 Å². The normalized spacial score (nSPS) is 18.8. The Bertz CT molecular complexity index is 450. The largest absolute Gasteiger partial charge is 0.491 e. The molecule has 3 nitrogen and oxygen atoms in total. The fraction of sp³-hybridized carbons (Fsp3) is 0.588. The average molecular weight is 274 g/mol. The second kappa shape index (κ2) is 7.32. The first-order chi connectivity index (χ1) is 9.69. The SMILES string of the molecule is CCC(C)Oc1cccc(N=C(N)C2CCCCC2)c1. The molecule has 1 saturated carbocycles. The third-order valence-corrected chi connectivity index (χ3v) is 4.01. The van der Waals surface area contributed by atoms with Gasteiger partial charge in [-0.25, -0.2) is 4.99 Å². The first-order valence-electron chi connectivity index (χ1n) is 7.79. The summed E-state index contributed by atoms with van der Waals surface area (Å²) in [5.41, 5.74) is 7.06. The van der Waals surface area contributed by atoms with Crippen molar-refractivity contribution in [1.29, 1.82) is 0 Å². The monoisotopic (exact) mass is 274 g/mol. The van der Waals surface area contributed by atoms with Crippen LogP contribution in [0.2, 0.25) is 0 Å². The number of nitrogens with zero attached hydrogens (tertiary/aromatic N) is 1. The quantitative estimate of drug-likeness (QED) is 0.637. The highest BCUT2D eigenvalue weighted by molar-refractivity contribution is 5.85. The molecule has 2 rings (SSSR count). The highest BCUT2D eigenvalue weighted by Crippen LogP contribution is 2.26. The summed E-state index contributed by atoms with van der Waals surface area (Å²) in [5, 5.41) is 0. The van der Waals surface area contributed by atoms with Crippen molar-refractivity contribution in [3.8, 4) is 5.75 Å². The van der Waals surface area contributed by atoms with Crippen LogP contribution in [0.3, 0.4) is 0 Å². The number of ether oxygens (including phenoxy) is 1. The van der Waals surface area contributed by atoms with Gasteiger partial charge in [-0.1, -0.05) is 32.3 Å². The first-order valence-corrected chi connectivity index (χ1v) is 7.79. The lowest BCUT2D eigenvalue weighted by Gasteiger charge is -2.20. The molecule has 0 aliphatic heterocycles. The third kappa shape index (κ3) is 4.26. The lowest BCUT2D eigenvalue weighted by atomic mass is 9.88. The molecular weight excluding hydrogens is 248 g/mol. The molecule has 1 aromatic rings. The molecule has 1 atom stereocenters. The van der Waals surface area contributed by atoms with Crippen molar-refractivity contribution in [2.45, 2.75) is 58.5 Å². The second-order valence-electron chi connectivity index (χ2n) is 5.71. The van der Waals surface area contributed by atoms with E-state index in [4.69, 9.17) is 10.5 Å². The molecule has 1 fully saturated rings. The van der Waals surface area contributed by atoms with E-state index in [1.54, 1.807) is 0 Å². The first kappa shape index (κ1) is 14.9. The van der Waals surface area contributed by atoms with Gasteiger partial charge in [0.15, 0.2) is 0 Å². The van der Waals surface area contributed by atoms with Crippen molar-refractivity contribution < 1.29 is 4.74 Å². The van der Waals surface area contributed by atoms with Gasteiger partial charge in [-0.3, -0.25) is 0 Å². The van der Waals surface area contributed by atoms with Crippen molar-refractivity contribution in [3.63, 3.8) is 0 Å². The summed E-state index contributed by atoms with van der Waals surface area (Å²) < 4.78 is 5.82. The van der Waals surface area contributed by atoms with Gasteiger partial charge < -0.3 is 10.5 Å². The summed E-state index contributed by atoms with van der Waals surface area (Å²) in [7, 11) is 0. The molecule has 1 aliphatic carbocycles. The van der Waals surface area contributed by atoms with Gasteiger partial charge in [0, 0.05) is 12.0 Å². The fourth-order valence-electron chi connectivity index (χ4n) is 2.58. The van der Waals surface area contributed by atoms with Gasteiger partial charge in [0.1, 0.15) is 11.6 Å². The Morgan fingerprint density at radius 1 is 1.35 bits per heavy atom. The van der Waals surface area contributed by atoms with Gasteiger partial charge in [-0.15, -0.1) is 0 Å². The molecule has 0 radical (unpaired) electrons.